The van der Waals surface area contributed by atoms with E-state index in [-0.39, 0.29) is 0 Å². The molecule has 0 aromatic carbocycles. The number of aliphatic hydroxyl groups excluding tert-OH is 4. The van der Waals surface area contributed by atoms with Gasteiger partial charge >= 0.3 is 5.97 Å². The highest BCUT2D eigenvalue weighted by Crippen LogP contribution is 2.15. The first-order valence-electron chi connectivity index (χ1n) is 4.13. The highest BCUT2D eigenvalue weighted by Gasteiger charge is 2.44. The molecule has 1 rings (SSSR count). The smallest absolute Gasteiger partial charge is 0.323 e. The number of aliphatic hydroxyl groups is 4. The quantitative estimate of drug-likeness (QED) is 0.277. The van der Waals surface area contributed by atoms with Crippen LogP contribution in [0, 0.1) is 0 Å². The lowest BCUT2D eigenvalue weighted by molar-refractivity contribution is -0.158. The van der Waals surface area contributed by atoms with Gasteiger partial charge in [-0.1, -0.05) is 0 Å². The average Bonchev–Trinajstić information content (AvgIpc) is 2.14. The first-order valence-corrected chi connectivity index (χ1v) is 4.13. The number of carboxylic acid groups (broad SMARTS) is 1. The van der Waals surface area contributed by atoms with Gasteiger partial charge in [-0.2, -0.15) is 0 Å². The Bertz CT molecular complexity index is 220. The highest BCUT2D eigenvalue weighted by atomic mass is 16.4. The molecule has 0 amide bonds. The van der Waals surface area contributed by atoms with Gasteiger partial charge in [-0.25, -0.2) is 0 Å². The molecule has 7 heteroatoms. The standard InChI is InChI=1S/C7H13NO6/c9-1-2-4(10)6(12)5(11)3(8-2)7(13)14/h2-6,8-12H,1H2,(H,13,14)/t2-,3-,4+,5+,6-/m0/s1. The van der Waals surface area contributed by atoms with Crippen LogP contribution < -0.4 is 5.32 Å². The second kappa shape index (κ2) is 4.20. The van der Waals surface area contributed by atoms with Gasteiger partial charge in [-0.15, -0.1) is 0 Å². The van der Waals surface area contributed by atoms with Gasteiger partial charge in [0.2, 0.25) is 0 Å². The van der Waals surface area contributed by atoms with Gasteiger partial charge in [0.25, 0.3) is 0 Å². The van der Waals surface area contributed by atoms with Gasteiger partial charge in [-0.3, -0.25) is 10.1 Å². The van der Waals surface area contributed by atoms with E-state index in [0.29, 0.717) is 0 Å². The maximum absolute atomic E-state index is 10.6. The summed E-state index contributed by atoms with van der Waals surface area (Å²) in [4.78, 5) is 10.6. The Balaban J connectivity index is 2.78. The van der Waals surface area contributed by atoms with E-state index in [1.807, 2.05) is 0 Å². The van der Waals surface area contributed by atoms with E-state index in [9.17, 15) is 20.1 Å². The number of carboxylic acids is 1. The third-order valence-corrected chi connectivity index (χ3v) is 2.31. The van der Waals surface area contributed by atoms with Crippen LogP contribution in [0.5, 0.6) is 0 Å². The Labute approximate surface area is 79.6 Å². The number of aliphatic carboxylic acids is 1. The third kappa shape index (κ3) is 1.86. The van der Waals surface area contributed by atoms with Crippen LogP contribution in [0.25, 0.3) is 0 Å². The van der Waals surface area contributed by atoms with Crippen LogP contribution in [0.3, 0.4) is 0 Å². The number of hydrogen-bond acceptors (Lipinski definition) is 6. The molecule has 0 bridgehead atoms. The summed E-state index contributed by atoms with van der Waals surface area (Å²) < 4.78 is 0. The lowest BCUT2D eigenvalue weighted by Crippen LogP contribution is -2.67. The second-order valence-corrected chi connectivity index (χ2v) is 3.24. The number of rotatable bonds is 2. The lowest BCUT2D eigenvalue weighted by Gasteiger charge is -2.38. The predicted octanol–water partition coefficient (Wildman–Crippen LogP) is -3.51. The molecule has 0 aromatic rings. The molecular formula is C7H13NO6. The van der Waals surface area contributed by atoms with Crippen molar-refractivity contribution in [1.82, 2.24) is 5.32 Å². The molecule has 1 heterocycles. The molecule has 7 nitrogen and oxygen atoms in total. The van der Waals surface area contributed by atoms with Gasteiger partial charge in [0.05, 0.1) is 12.6 Å². The van der Waals surface area contributed by atoms with Gasteiger partial charge in [0.1, 0.15) is 24.4 Å². The molecule has 1 aliphatic heterocycles. The Hall–Kier alpha value is -0.730. The van der Waals surface area contributed by atoms with Crippen LogP contribution in [0.15, 0.2) is 0 Å². The number of carbonyl (C=O) groups is 1. The molecule has 5 atom stereocenters. The zero-order valence-electron chi connectivity index (χ0n) is 7.24. The number of piperidine rings is 1. The van der Waals surface area contributed by atoms with Gasteiger partial charge in [-0.05, 0) is 0 Å². The fourth-order valence-electron chi connectivity index (χ4n) is 1.44. The van der Waals surface area contributed by atoms with E-state index in [1.165, 1.54) is 0 Å². The summed E-state index contributed by atoms with van der Waals surface area (Å²) in [6, 6.07) is -2.33. The Morgan fingerprint density at radius 1 is 1.14 bits per heavy atom. The van der Waals surface area contributed by atoms with Crippen LogP contribution >= 0.6 is 0 Å². The molecule has 0 aliphatic carbocycles. The molecule has 14 heavy (non-hydrogen) atoms. The second-order valence-electron chi connectivity index (χ2n) is 3.24. The van der Waals surface area contributed by atoms with Gasteiger partial charge in [0.15, 0.2) is 0 Å². The third-order valence-electron chi connectivity index (χ3n) is 2.31. The van der Waals surface area contributed by atoms with E-state index >= 15 is 0 Å². The van der Waals surface area contributed by atoms with Crippen LogP contribution in [0.2, 0.25) is 0 Å². The average molecular weight is 207 g/mol. The molecule has 82 valence electrons. The molecule has 0 radical (unpaired) electrons. The van der Waals surface area contributed by atoms with Crippen molar-refractivity contribution < 1.29 is 30.3 Å². The van der Waals surface area contributed by atoms with Crippen molar-refractivity contribution in [1.29, 1.82) is 0 Å². The summed E-state index contributed by atoms with van der Waals surface area (Å²) in [5, 5.41) is 47.5. The van der Waals surface area contributed by atoms with Crippen molar-refractivity contribution in [3.63, 3.8) is 0 Å². The predicted molar refractivity (Wildman–Crippen MR) is 43.5 cm³/mol. The topological polar surface area (TPSA) is 130 Å². The zero-order valence-corrected chi connectivity index (χ0v) is 7.24. The summed E-state index contributed by atoms with van der Waals surface area (Å²) in [7, 11) is 0. The Morgan fingerprint density at radius 3 is 2.14 bits per heavy atom. The van der Waals surface area contributed by atoms with Crippen molar-refractivity contribution in [2.75, 3.05) is 6.61 Å². The largest absolute Gasteiger partial charge is 0.480 e. The monoisotopic (exact) mass is 207 g/mol. The van der Waals surface area contributed by atoms with Crippen LogP contribution in [0.4, 0.5) is 0 Å². The molecule has 0 spiro atoms. The van der Waals surface area contributed by atoms with E-state index in [4.69, 9.17) is 10.2 Å². The minimum atomic E-state index is -1.59. The fraction of sp³-hybridized carbons (Fsp3) is 0.857. The summed E-state index contributed by atoms with van der Waals surface area (Å²) >= 11 is 0. The molecule has 1 aliphatic rings. The van der Waals surface area contributed by atoms with E-state index in [1.54, 1.807) is 0 Å². The molecular weight excluding hydrogens is 194 g/mol. The molecule has 6 N–H and O–H groups in total. The minimum absolute atomic E-state index is 0.519. The fourth-order valence-corrected chi connectivity index (χ4v) is 1.44. The van der Waals surface area contributed by atoms with Crippen molar-refractivity contribution in [3.05, 3.63) is 0 Å². The Morgan fingerprint density at radius 2 is 1.71 bits per heavy atom. The normalized spacial score (nSPS) is 43.6. The molecule has 0 unspecified atom stereocenters. The summed E-state index contributed by atoms with van der Waals surface area (Å²) in [5.74, 6) is -1.35. The first kappa shape index (κ1) is 11.3. The maximum atomic E-state index is 10.6. The van der Waals surface area contributed by atoms with Gasteiger partial charge < -0.3 is 25.5 Å². The first-order chi connectivity index (χ1) is 6.49. The summed E-state index contributed by atoms with van der Waals surface area (Å²) in [6.07, 6.45) is -4.55. The van der Waals surface area contributed by atoms with E-state index < -0.39 is 43.0 Å². The maximum Gasteiger partial charge on any atom is 0.323 e. The van der Waals surface area contributed by atoms with Crippen molar-refractivity contribution in [2.45, 2.75) is 30.4 Å². The van der Waals surface area contributed by atoms with Crippen molar-refractivity contribution >= 4 is 5.97 Å². The van der Waals surface area contributed by atoms with Crippen LogP contribution in [-0.2, 0) is 4.79 Å². The molecule has 0 saturated carbocycles. The highest BCUT2D eigenvalue weighted by molar-refractivity contribution is 5.74. The van der Waals surface area contributed by atoms with E-state index in [0.717, 1.165) is 0 Å². The summed E-state index contributed by atoms with van der Waals surface area (Å²) in [5.41, 5.74) is 0. The zero-order chi connectivity index (χ0) is 10.9. The lowest BCUT2D eigenvalue weighted by atomic mass is 9.90. The van der Waals surface area contributed by atoms with Gasteiger partial charge in [0, 0.05) is 0 Å². The Kier molecular flexibility index (Phi) is 3.40. The summed E-state index contributed by atoms with van der Waals surface area (Å²) in [6.45, 7) is -0.519. The van der Waals surface area contributed by atoms with Crippen molar-refractivity contribution in [2.24, 2.45) is 0 Å². The number of hydrogen-bond donors (Lipinski definition) is 6. The van der Waals surface area contributed by atoms with Crippen molar-refractivity contribution in [3.8, 4) is 0 Å². The van der Waals surface area contributed by atoms with Crippen LogP contribution in [-0.4, -0.2) is 68.5 Å². The number of nitrogens with one attached hydrogen (secondary N) is 1. The molecule has 1 fully saturated rings. The molecule has 1 saturated heterocycles. The van der Waals surface area contributed by atoms with Crippen LogP contribution in [0.1, 0.15) is 0 Å². The SMILES string of the molecule is O=C(O)[C@H]1N[C@@H](CO)[C@@H](O)[C@H](O)[C@@H]1O. The minimum Gasteiger partial charge on any atom is -0.480 e. The van der Waals surface area contributed by atoms with E-state index in [2.05, 4.69) is 5.32 Å². The molecule has 0 aromatic heterocycles.